The highest BCUT2D eigenvalue weighted by Gasteiger charge is 2.10. The van der Waals surface area contributed by atoms with Crippen LogP contribution in [0.5, 0.6) is 0 Å². The topological polar surface area (TPSA) is 47.3 Å². The zero-order chi connectivity index (χ0) is 11.2. The largest absolute Gasteiger partial charge is 0.330 e. The third-order valence-corrected chi connectivity index (χ3v) is 2.03. The molecule has 0 radical (unpaired) electrons. The van der Waals surface area contributed by atoms with Crippen molar-refractivity contribution in [3.63, 3.8) is 0 Å². The summed E-state index contributed by atoms with van der Waals surface area (Å²) in [4.78, 5) is 0. The Morgan fingerprint density at radius 1 is 1.36 bits per heavy atom. The number of piperidine rings is 1. The minimum atomic E-state index is 0.866. The molecule has 14 heavy (non-hydrogen) atoms. The van der Waals surface area contributed by atoms with Crippen molar-refractivity contribution >= 4 is 11.9 Å². The molecule has 88 valence electrons. The number of nitrogens with one attached hydrogen (secondary N) is 1. The SMILES string of the molecule is CC.COCl.NCCC1CCNCC1. The zero-order valence-electron chi connectivity index (χ0n) is 9.68. The molecule has 1 fully saturated rings. The van der Waals surface area contributed by atoms with Crippen molar-refractivity contribution in [2.24, 2.45) is 11.7 Å². The number of hydrogen-bond donors (Lipinski definition) is 2. The average Bonchev–Trinajstić information content (AvgIpc) is 2.24. The first-order valence-corrected chi connectivity index (χ1v) is 5.71. The third kappa shape index (κ3) is 12.2. The lowest BCUT2D eigenvalue weighted by Crippen LogP contribution is -2.28. The Morgan fingerprint density at radius 2 is 1.79 bits per heavy atom. The molecule has 0 aromatic rings. The van der Waals surface area contributed by atoms with Crippen LogP contribution < -0.4 is 11.1 Å². The molecule has 0 atom stereocenters. The highest BCUT2D eigenvalue weighted by Crippen LogP contribution is 2.13. The van der Waals surface area contributed by atoms with Crippen molar-refractivity contribution in [3.8, 4) is 0 Å². The molecule has 3 N–H and O–H groups in total. The molecule has 1 aliphatic heterocycles. The van der Waals surface area contributed by atoms with Crippen LogP contribution >= 0.6 is 11.9 Å². The Kier molecular flexibility index (Phi) is 18.5. The minimum absolute atomic E-state index is 0.866. The van der Waals surface area contributed by atoms with E-state index in [9.17, 15) is 0 Å². The van der Waals surface area contributed by atoms with Crippen LogP contribution in [0.15, 0.2) is 0 Å². The van der Waals surface area contributed by atoms with E-state index >= 15 is 0 Å². The van der Waals surface area contributed by atoms with Gasteiger partial charge in [-0.2, -0.15) is 0 Å². The quantitative estimate of drug-likeness (QED) is 0.756. The lowest BCUT2D eigenvalue weighted by atomic mass is 9.95. The first kappa shape index (κ1) is 16.6. The molecule has 0 spiro atoms. The lowest BCUT2D eigenvalue weighted by Gasteiger charge is -2.21. The van der Waals surface area contributed by atoms with Gasteiger partial charge < -0.3 is 11.1 Å². The summed E-state index contributed by atoms with van der Waals surface area (Å²) in [6.07, 6.45) is 3.88. The van der Waals surface area contributed by atoms with E-state index in [0.29, 0.717) is 0 Å². The Hall–Kier alpha value is 0.170. The second-order valence-corrected chi connectivity index (χ2v) is 3.23. The molecule has 1 heterocycles. The van der Waals surface area contributed by atoms with Crippen molar-refractivity contribution in [3.05, 3.63) is 0 Å². The fourth-order valence-corrected chi connectivity index (χ4v) is 1.41. The van der Waals surface area contributed by atoms with Gasteiger partial charge in [-0.15, -0.1) is 0 Å². The van der Waals surface area contributed by atoms with Crippen molar-refractivity contribution < 1.29 is 4.29 Å². The molecule has 1 saturated heterocycles. The van der Waals surface area contributed by atoms with Gasteiger partial charge in [0.1, 0.15) is 0 Å². The van der Waals surface area contributed by atoms with Gasteiger partial charge in [-0.05, 0) is 44.8 Å². The summed E-state index contributed by atoms with van der Waals surface area (Å²) in [5.74, 6) is 0.913. The monoisotopic (exact) mass is 224 g/mol. The van der Waals surface area contributed by atoms with Crippen LogP contribution in [-0.4, -0.2) is 26.7 Å². The normalized spacial score (nSPS) is 16.1. The van der Waals surface area contributed by atoms with Crippen LogP contribution in [0, 0.1) is 5.92 Å². The summed E-state index contributed by atoms with van der Waals surface area (Å²) in [5, 5.41) is 3.33. The van der Waals surface area contributed by atoms with Crippen LogP contribution in [0.2, 0.25) is 0 Å². The second kappa shape index (κ2) is 15.6. The average molecular weight is 225 g/mol. The Bertz CT molecular complexity index is 85.4. The standard InChI is InChI=1S/C7H16N2.C2H6.CH3ClO/c8-4-1-7-2-5-9-6-3-7;1-2;1-3-2/h7,9H,1-6,8H2;1-2H3;1H3. The molecule has 3 nitrogen and oxygen atoms in total. The second-order valence-electron chi connectivity index (χ2n) is 2.93. The van der Waals surface area contributed by atoms with Gasteiger partial charge in [0.15, 0.2) is 0 Å². The number of hydrogen-bond acceptors (Lipinski definition) is 3. The maximum absolute atomic E-state index is 5.44. The molecule has 4 heteroatoms. The Morgan fingerprint density at radius 3 is 2.14 bits per heavy atom. The predicted octanol–water partition coefficient (Wildman–Crippen LogP) is 2.15. The van der Waals surface area contributed by atoms with Crippen molar-refractivity contribution in [1.29, 1.82) is 0 Å². The summed E-state index contributed by atoms with van der Waals surface area (Å²) in [5.41, 5.74) is 5.44. The van der Waals surface area contributed by atoms with Crippen LogP contribution in [0.25, 0.3) is 0 Å². The van der Waals surface area contributed by atoms with Gasteiger partial charge in [0.25, 0.3) is 0 Å². The Labute approximate surface area is 93.5 Å². The van der Waals surface area contributed by atoms with Gasteiger partial charge in [0.05, 0.1) is 19.0 Å². The van der Waals surface area contributed by atoms with Gasteiger partial charge in [-0.3, -0.25) is 4.29 Å². The van der Waals surface area contributed by atoms with Crippen LogP contribution in [0.4, 0.5) is 0 Å². The van der Waals surface area contributed by atoms with E-state index in [2.05, 4.69) is 21.5 Å². The van der Waals surface area contributed by atoms with E-state index in [0.717, 1.165) is 12.5 Å². The first-order valence-electron chi connectivity index (χ1n) is 5.40. The predicted molar refractivity (Wildman–Crippen MR) is 63.5 cm³/mol. The number of nitrogens with two attached hydrogens (primary N) is 1. The highest BCUT2D eigenvalue weighted by atomic mass is 35.5. The molecule has 0 aromatic heterocycles. The summed E-state index contributed by atoms with van der Waals surface area (Å²) >= 11 is 4.50. The van der Waals surface area contributed by atoms with Crippen molar-refractivity contribution in [2.75, 3.05) is 26.7 Å². The molecule has 1 rings (SSSR count). The smallest absolute Gasteiger partial charge is 0.0606 e. The summed E-state index contributed by atoms with van der Waals surface area (Å²) in [6, 6.07) is 0. The molecule has 0 saturated carbocycles. The molecule has 1 aliphatic rings. The van der Waals surface area contributed by atoms with Crippen molar-refractivity contribution in [1.82, 2.24) is 5.32 Å². The van der Waals surface area contributed by atoms with Crippen LogP contribution in [-0.2, 0) is 4.29 Å². The number of rotatable bonds is 2. The summed E-state index contributed by atoms with van der Waals surface area (Å²) in [7, 11) is 1.39. The van der Waals surface area contributed by atoms with E-state index in [1.807, 2.05) is 13.8 Å². The highest BCUT2D eigenvalue weighted by molar-refractivity contribution is 6.07. The minimum Gasteiger partial charge on any atom is -0.330 e. The van der Waals surface area contributed by atoms with Crippen LogP contribution in [0.1, 0.15) is 33.1 Å². The fraction of sp³-hybridized carbons (Fsp3) is 1.00. The van der Waals surface area contributed by atoms with E-state index < -0.39 is 0 Å². The van der Waals surface area contributed by atoms with E-state index in [1.165, 1.54) is 39.5 Å². The van der Waals surface area contributed by atoms with Crippen molar-refractivity contribution in [2.45, 2.75) is 33.1 Å². The van der Waals surface area contributed by atoms with Crippen LogP contribution in [0.3, 0.4) is 0 Å². The Balaban J connectivity index is 0. The molecule has 0 unspecified atom stereocenters. The fourth-order valence-electron chi connectivity index (χ4n) is 1.41. The first-order chi connectivity index (χ1) is 6.85. The molecular weight excluding hydrogens is 200 g/mol. The zero-order valence-corrected chi connectivity index (χ0v) is 10.4. The molecule has 0 aliphatic carbocycles. The van der Waals surface area contributed by atoms with Gasteiger partial charge in [-0.1, -0.05) is 13.8 Å². The maximum atomic E-state index is 5.44. The summed E-state index contributed by atoms with van der Waals surface area (Å²) in [6.45, 7) is 7.26. The lowest BCUT2D eigenvalue weighted by molar-refractivity contribution is 0.358. The van der Waals surface area contributed by atoms with Gasteiger partial charge >= 0.3 is 0 Å². The third-order valence-electron chi connectivity index (χ3n) is 2.03. The molecule has 0 aromatic carbocycles. The van der Waals surface area contributed by atoms with E-state index in [1.54, 1.807) is 0 Å². The van der Waals surface area contributed by atoms with Gasteiger partial charge in [-0.25, -0.2) is 0 Å². The number of halogens is 1. The van der Waals surface area contributed by atoms with Gasteiger partial charge in [0, 0.05) is 0 Å². The summed E-state index contributed by atoms with van der Waals surface area (Å²) < 4.78 is 3.72. The van der Waals surface area contributed by atoms with E-state index in [-0.39, 0.29) is 0 Å². The maximum Gasteiger partial charge on any atom is 0.0606 e. The van der Waals surface area contributed by atoms with E-state index in [4.69, 9.17) is 5.73 Å². The molecule has 0 amide bonds. The molecule has 0 bridgehead atoms. The van der Waals surface area contributed by atoms with Gasteiger partial charge in [0.2, 0.25) is 0 Å². The molecular formula is C10H25ClN2O.